The van der Waals surface area contributed by atoms with E-state index in [4.69, 9.17) is 4.42 Å². The third-order valence-corrected chi connectivity index (χ3v) is 3.74. The molecule has 2 aromatic rings. The smallest absolute Gasteiger partial charge is 0.408 e. The predicted molar refractivity (Wildman–Crippen MR) is 66.5 cm³/mol. The van der Waals surface area contributed by atoms with Crippen LogP contribution in [0, 0.1) is 13.8 Å². The summed E-state index contributed by atoms with van der Waals surface area (Å²) in [6.45, 7) is 6.07. The summed E-state index contributed by atoms with van der Waals surface area (Å²) in [5.74, 6) is 0.117. The van der Waals surface area contributed by atoms with Gasteiger partial charge in [0.1, 0.15) is 0 Å². The van der Waals surface area contributed by atoms with Crippen LogP contribution in [0.5, 0.6) is 0 Å². The van der Waals surface area contributed by atoms with Crippen LogP contribution in [0.25, 0.3) is 11.1 Å². The molecular weight excluding hydrogens is 216 g/mol. The summed E-state index contributed by atoms with van der Waals surface area (Å²) in [5.41, 5.74) is 5.04. The summed E-state index contributed by atoms with van der Waals surface area (Å²) < 4.78 is 5.25. The van der Waals surface area contributed by atoms with Crippen LogP contribution in [0.15, 0.2) is 15.3 Å². The Kier molecular flexibility index (Phi) is 2.33. The summed E-state index contributed by atoms with van der Waals surface area (Å²) in [6.07, 6.45) is 1.12. The first-order chi connectivity index (χ1) is 8.16. The van der Waals surface area contributed by atoms with E-state index in [0.717, 1.165) is 36.2 Å². The van der Waals surface area contributed by atoms with Crippen molar-refractivity contribution in [2.24, 2.45) is 0 Å². The maximum Gasteiger partial charge on any atom is 0.417 e. The number of rotatable bonds is 1. The highest BCUT2D eigenvalue weighted by Crippen LogP contribution is 2.31. The Hall–Kier alpha value is -1.55. The molecule has 90 valence electrons. The first kappa shape index (κ1) is 10.6. The highest BCUT2D eigenvalue weighted by atomic mass is 16.4. The lowest BCUT2D eigenvalue weighted by Crippen LogP contribution is -2.08. The van der Waals surface area contributed by atoms with Gasteiger partial charge in [0.2, 0.25) is 0 Å². The molecule has 17 heavy (non-hydrogen) atoms. The number of aryl methyl sites for hydroxylation is 2. The molecule has 1 aliphatic heterocycles. The van der Waals surface area contributed by atoms with E-state index in [-0.39, 0.29) is 5.76 Å². The summed E-state index contributed by atoms with van der Waals surface area (Å²) in [5, 5.41) is 3.35. The number of fused-ring (bicyclic) bond motifs is 1. The van der Waals surface area contributed by atoms with Gasteiger partial charge < -0.3 is 9.73 Å². The average Bonchev–Trinajstić information content (AvgIpc) is 2.92. The number of aromatic amines is 1. The molecule has 3 rings (SSSR count). The number of hydrogen-bond acceptors (Lipinski definition) is 3. The number of nitrogens with one attached hydrogen (secondary N) is 2. The van der Waals surface area contributed by atoms with Crippen molar-refractivity contribution in [3.63, 3.8) is 0 Å². The minimum Gasteiger partial charge on any atom is -0.408 e. The first-order valence-electron chi connectivity index (χ1n) is 6.00. The van der Waals surface area contributed by atoms with E-state index in [0.29, 0.717) is 5.92 Å². The number of oxazole rings is 1. The third kappa shape index (κ3) is 1.60. The molecule has 2 heterocycles. The Bertz CT molecular complexity index is 618. The van der Waals surface area contributed by atoms with Crippen molar-refractivity contribution in [1.82, 2.24) is 10.3 Å². The van der Waals surface area contributed by atoms with Crippen LogP contribution in [-0.2, 0) is 0 Å². The highest BCUT2D eigenvalue weighted by molar-refractivity contribution is 5.81. The molecule has 4 nitrogen and oxygen atoms in total. The van der Waals surface area contributed by atoms with Crippen LogP contribution in [-0.4, -0.2) is 18.1 Å². The molecule has 1 aliphatic rings. The Morgan fingerprint density at radius 3 is 2.94 bits per heavy atom. The van der Waals surface area contributed by atoms with Gasteiger partial charge in [0.05, 0.1) is 5.52 Å². The summed E-state index contributed by atoms with van der Waals surface area (Å²) >= 11 is 0. The largest absolute Gasteiger partial charge is 0.417 e. The molecule has 1 fully saturated rings. The second-order valence-corrected chi connectivity index (χ2v) is 4.82. The molecule has 1 atom stereocenters. The van der Waals surface area contributed by atoms with Crippen molar-refractivity contribution >= 4 is 11.1 Å². The maximum atomic E-state index is 11.4. The standard InChI is InChI=1S/C13H16N2O2/c1-7-5-10(9-3-4-14-6-9)11-12(8(7)2)17-13(16)15-11/h5,9,14H,3-4,6H2,1-2H3,(H,15,16). The Labute approximate surface area is 99.0 Å². The van der Waals surface area contributed by atoms with Crippen LogP contribution in [0.4, 0.5) is 0 Å². The molecule has 0 aliphatic carbocycles. The fourth-order valence-electron chi connectivity index (χ4n) is 2.63. The highest BCUT2D eigenvalue weighted by Gasteiger charge is 2.22. The van der Waals surface area contributed by atoms with E-state index in [1.54, 1.807) is 0 Å². The Morgan fingerprint density at radius 1 is 1.41 bits per heavy atom. The van der Waals surface area contributed by atoms with Crippen molar-refractivity contribution in [1.29, 1.82) is 0 Å². The Balaban J connectivity index is 2.29. The van der Waals surface area contributed by atoms with Crippen LogP contribution in [0.3, 0.4) is 0 Å². The molecule has 0 bridgehead atoms. The molecule has 0 radical (unpaired) electrons. The minimum absolute atomic E-state index is 0.360. The molecule has 2 N–H and O–H groups in total. The normalized spacial score (nSPS) is 20.2. The molecule has 1 unspecified atom stereocenters. The van der Waals surface area contributed by atoms with E-state index in [1.165, 1.54) is 11.1 Å². The van der Waals surface area contributed by atoms with Crippen LogP contribution in [0.2, 0.25) is 0 Å². The predicted octanol–water partition coefficient (Wildman–Crippen LogP) is 1.81. The third-order valence-electron chi connectivity index (χ3n) is 3.74. The van der Waals surface area contributed by atoms with E-state index < -0.39 is 0 Å². The molecule has 0 spiro atoms. The lowest BCUT2D eigenvalue weighted by Gasteiger charge is -2.12. The Morgan fingerprint density at radius 2 is 2.24 bits per heavy atom. The second-order valence-electron chi connectivity index (χ2n) is 4.82. The number of aromatic nitrogens is 1. The van der Waals surface area contributed by atoms with Crippen LogP contribution < -0.4 is 11.1 Å². The van der Waals surface area contributed by atoms with Crippen LogP contribution >= 0.6 is 0 Å². The van der Waals surface area contributed by atoms with E-state index >= 15 is 0 Å². The average molecular weight is 232 g/mol. The zero-order chi connectivity index (χ0) is 12.0. The molecule has 4 heteroatoms. The SMILES string of the molecule is Cc1cc(C2CCNC2)c2[nH]c(=O)oc2c1C. The van der Waals surface area contributed by atoms with Crippen LogP contribution in [0.1, 0.15) is 29.0 Å². The molecular formula is C13H16N2O2. The minimum atomic E-state index is -0.360. The number of benzene rings is 1. The molecule has 0 amide bonds. The number of H-pyrrole nitrogens is 1. The van der Waals surface area contributed by atoms with Gasteiger partial charge in [0.15, 0.2) is 5.58 Å². The maximum absolute atomic E-state index is 11.4. The van der Waals surface area contributed by atoms with Crippen molar-refractivity contribution < 1.29 is 4.42 Å². The van der Waals surface area contributed by atoms with Crippen molar-refractivity contribution in [2.75, 3.05) is 13.1 Å². The zero-order valence-electron chi connectivity index (χ0n) is 10.1. The fourth-order valence-corrected chi connectivity index (χ4v) is 2.63. The second kappa shape index (κ2) is 3.74. The van der Waals surface area contributed by atoms with Gasteiger partial charge in [-0.1, -0.05) is 6.07 Å². The summed E-state index contributed by atoms with van der Waals surface area (Å²) in [4.78, 5) is 14.2. The van der Waals surface area contributed by atoms with Crippen molar-refractivity contribution in [2.45, 2.75) is 26.2 Å². The molecule has 0 saturated carbocycles. The monoisotopic (exact) mass is 232 g/mol. The van der Waals surface area contributed by atoms with Gasteiger partial charge in [0, 0.05) is 6.54 Å². The molecule has 1 aromatic heterocycles. The van der Waals surface area contributed by atoms with E-state index in [9.17, 15) is 4.79 Å². The van der Waals surface area contributed by atoms with Gasteiger partial charge >= 0.3 is 5.76 Å². The fraction of sp³-hybridized carbons (Fsp3) is 0.462. The van der Waals surface area contributed by atoms with Gasteiger partial charge in [-0.25, -0.2) is 4.79 Å². The topological polar surface area (TPSA) is 58.0 Å². The summed E-state index contributed by atoms with van der Waals surface area (Å²) in [6, 6.07) is 2.18. The van der Waals surface area contributed by atoms with E-state index in [2.05, 4.69) is 23.3 Å². The lowest BCUT2D eigenvalue weighted by molar-refractivity contribution is 0.553. The van der Waals surface area contributed by atoms with Gasteiger partial charge in [-0.2, -0.15) is 0 Å². The van der Waals surface area contributed by atoms with Gasteiger partial charge in [-0.3, -0.25) is 4.98 Å². The zero-order valence-corrected chi connectivity index (χ0v) is 10.1. The first-order valence-corrected chi connectivity index (χ1v) is 6.00. The van der Waals surface area contributed by atoms with Gasteiger partial charge in [0.25, 0.3) is 0 Å². The molecule has 1 aromatic carbocycles. The van der Waals surface area contributed by atoms with Gasteiger partial charge in [-0.05, 0) is 49.4 Å². The van der Waals surface area contributed by atoms with Gasteiger partial charge in [-0.15, -0.1) is 0 Å². The quantitative estimate of drug-likeness (QED) is 0.788. The summed E-state index contributed by atoms with van der Waals surface area (Å²) in [7, 11) is 0. The number of hydrogen-bond donors (Lipinski definition) is 2. The lowest BCUT2D eigenvalue weighted by atomic mass is 9.93. The van der Waals surface area contributed by atoms with Crippen molar-refractivity contribution in [3.05, 3.63) is 33.3 Å². The van der Waals surface area contributed by atoms with Crippen molar-refractivity contribution in [3.8, 4) is 0 Å². The molecule has 1 saturated heterocycles. The van der Waals surface area contributed by atoms with E-state index in [1.807, 2.05) is 6.92 Å².